The molecule has 0 spiro atoms. The average molecular weight is 518 g/mol. The molecule has 35 heavy (non-hydrogen) atoms. The highest BCUT2D eigenvalue weighted by Crippen LogP contribution is 2.37. The SMILES string of the molecule is CN1CC[C@@H](NS(=O)(=O)c2ccc(-c3cccc4[nH]c(N)nc34)c(C3=NCN=N3)c2S(N)(=O)=O)C1. The number of para-hydroxylation sites is 1. The van der Waals surface area contributed by atoms with Gasteiger partial charge in [-0.15, -0.1) is 5.11 Å². The first-order chi connectivity index (χ1) is 16.5. The number of hydrogen-bond donors (Lipinski definition) is 4. The van der Waals surface area contributed by atoms with Crippen molar-refractivity contribution in [2.75, 3.05) is 32.5 Å². The molecule has 0 radical (unpaired) electrons. The van der Waals surface area contributed by atoms with E-state index in [1.165, 1.54) is 12.1 Å². The van der Waals surface area contributed by atoms with E-state index in [9.17, 15) is 16.8 Å². The van der Waals surface area contributed by atoms with Crippen molar-refractivity contribution in [3.8, 4) is 11.1 Å². The lowest BCUT2D eigenvalue weighted by atomic mass is 9.97. The Labute approximate surface area is 201 Å². The van der Waals surface area contributed by atoms with Crippen LogP contribution in [0.2, 0.25) is 0 Å². The minimum absolute atomic E-state index is 0.0258. The van der Waals surface area contributed by atoms with Crippen molar-refractivity contribution < 1.29 is 16.8 Å². The highest BCUT2D eigenvalue weighted by molar-refractivity contribution is 7.92. The van der Waals surface area contributed by atoms with Gasteiger partial charge in [0.15, 0.2) is 18.5 Å². The molecular weight excluding hydrogens is 494 g/mol. The van der Waals surface area contributed by atoms with Gasteiger partial charge in [-0.1, -0.05) is 18.2 Å². The molecule has 1 atom stereocenters. The Morgan fingerprint density at radius 3 is 2.60 bits per heavy atom. The summed E-state index contributed by atoms with van der Waals surface area (Å²) in [4.78, 5) is 12.3. The van der Waals surface area contributed by atoms with Gasteiger partial charge < -0.3 is 15.6 Å². The smallest absolute Gasteiger partial charge is 0.242 e. The zero-order valence-electron chi connectivity index (χ0n) is 18.6. The molecule has 1 fully saturated rings. The number of benzene rings is 2. The van der Waals surface area contributed by atoms with Crippen LogP contribution in [0.3, 0.4) is 0 Å². The molecule has 0 amide bonds. The standard InChI is InChI=1S/C20H23N9O4S2/c1-29-8-7-11(9-29)28-35(32,33)15-6-5-12(13-3-2-4-14-17(13)26-20(21)25-14)16(18(15)34(22,30)31)19-23-10-24-27-19/h2-6,11,28H,7-10H2,1H3,(H3,21,25,26)(H2,22,30,31)/t11-/m1/s1. The third kappa shape index (κ3) is 4.32. The highest BCUT2D eigenvalue weighted by Gasteiger charge is 2.35. The minimum atomic E-state index is -4.57. The monoisotopic (exact) mass is 517 g/mol. The molecule has 1 aromatic heterocycles. The van der Waals surface area contributed by atoms with Crippen molar-refractivity contribution in [2.45, 2.75) is 22.3 Å². The first kappa shape index (κ1) is 23.5. The van der Waals surface area contributed by atoms with Crippen molar-refractivity contribution in [3.63, 3.8) is 0 Å². The predicted octanol–water partition coefficient (Wildman–Crippen LogP) is 0.612. The van der Waals surface area contributed by atoms with Crippen molar-refractivity contribution in [1.29, 1.82) is 0 Å². The molecule has 5 rings (SSSR count). The molecule has 0 unspecified atom stereocenters. The van der Waals surface area contributed by atoms with Gasteiger partial charge in [-0.2, -0.15) is 5.11 Å². The minimum Gasteiger partial charge on any atom is -0.369 e. The van der Waals surface area contributed by atoms with Gasteiger partial charge >= 0.3 is 0 Å². The van der Waals surface area contributed by atoms with Crippen LogP contribution in [0.4, 0.5) is 5.95 Å². The van der Waals surface area contributed by atoms with E-state index in [2.05, 4.69) is 29.9 Å². The molecule has 2 aliphatic heterocycles. The van der Waals surface area contributed by atoms with Crippen molar-refractivity contribution in [1.82, 2.24) is 19.6 Å². The fourth-order valence-corrected chi connectivity index (χ4v) is 7.31. The molecule has 184 valence electrons. The Bertz CT molecular complexity index is 1610. The van der Waals surface area contributed by atoms with Crippen LogP contribution in [0.15, 0.2) is 55.3 Å². The quantitative estimate of drug-likeness (QED) is 0.366. The van der Waals surface area contributed by atoms with Gasteiger partial charge in [0.1, 0.15) is 9.79 Å². The number of amidine groups is 1. The van der Waals surface area contributed by atoms with E-state index in [0.29, 0.717) is 41.7 Å². The summed E-state index contributed by atoms with van der Waals surface area (Å²) in [5.41, 5.74) is 7.67. The van der Waals surface area contributed by atoms with Gasteiger partial charge in [-0.05, 0) is 37.7 Å². The largest absolute Gasteiger partial charge is 0.369 e. The second kappa shape index (κ2) is 8.46. The molecule has 1 saturated heterocycles. The van der Waals surface area contributed by atoms with E-state index in [4.69, 9.17) is 10.9 Å². The van der Waals surface area contributed by atoms with Crippen molar-refractivity contribution >= 4 is 42.9 Å². The molecule has 15 heteroatoms. The van der Waals surface area contributed by atoms with Crippen LogP contribution in [0, 0.1) is 0 Å². The number of nitrogens with one attached hydrogen (secondary N) is 2. The second-order valence-corrected chi connectivity index (χ2v) is 11.6. The second-order valence-electron chi connectivity index (χ2n) is 8.42. The van der Waals surface area contributed by atoms with Crippen LogP contribution < -0.4 is 15.6 Å². The first-order valence-corrected chi connectivity index (χ1v) is 13.6. The maximum Gasteiger partial charge on any atom is 0.242 e. The predicted molar refractivity (Wildman–Crippen MR) is 130 cm³/mol. The lowest BCUT2D eigenvalue weighted by molar-refractivity contribution is 0.407. The molecule has 2 aliphatic rings. The lowest BCUT2D eigenvalue weighted by Gasteiger charge is -2.19. The summed E-state index contributed by atoms with van der Waals surface area (Å²) >= 11 is 0. The summed E-state index contributed by atoms with van der Waals surface area (Å²) in [5, 5.41) is 13.4. The number of hydrogen-bond acceptors (Lipinski definition) is 10. The number of fused-ring (bicyclic) bond motifs is 1. The third-order valence-electron chi connectivity index (χ3n) is 5.90. The Morgan fingerprint density at radius 2 is 1.94 bits per heavy atom. The number of nitrogens with zero attached hydrogens (tertiary/aromatic N) is 5. The fraction of sp³-hybridized carbons (Fsp3) is 0.300. The number of primary sulfonamides is 1. The molecular formula is C20H23N9O4S2. The van der Waals surface area contributed by atoms with E-state index < -0.39 is 29.8 Å². The Kier molecular flexibility index (Phi) is 5.68. The number of H-pyrrole nitrogens is 1. The fourth-order valence-electron chi connectivity index (χ4n) is 4.44. The first-order valence-electron chi connectivity index (χ1n) is 10.6. The van der Waals surface area contributed by atoms with Gasteiger partial charge in [-0.25, -0.2) is 36.7 Å². The Balaban J connectivity index is 1.79. The van der Waals surface area contributed by atoms with E-state index in [0.717, 1.165) is 0 Å². The molecule has 6 N–H and O–H groups in total. The van der Waals surface area contributed by atoms with Gasteiger partial charge in [0.2, 0.25) is 20.0 Å². The molecule has 2 aromatic carbocycles. The Morgan fingerprint density at radius 1 is 1.14 bits per heavy atom. The topological polar surface area (TPSA) is 201 Å². The van der Waals surface area contributed by atoms with Crippen LogP contribution in [-0.2, 0) is 20.0 Å². The summed E-state index contributed by atoms with van der Waals surface area (Å²) in [6, 6.07) is 7.55. The van der Waals surface area contributed by atoms with Crippen LogP contribution in [0.5, 0.6) is 0 Å². The molecule has 13 nitrogen and oxygen atoms in total. The number of aliphatic imine (C=N–C) groups is 1. The van der Waals surface area contributed by atoms with Crippen LogP contribution in [0.25, 0.3) is 22.2 Å². The zero-order valence-corrected chi connectivity index (χ0v) is 20.3. The Hall–Kier alpha value is -3.24. The molecule has 0 bridgehead atoms. The van der Waals surface area contributed by atoms with E-state index in [1.54, 1.807) is 18.2 Å². The van der Waals surface area contributed by atoms with E-state index >= 15 is 0 Å². The average Bonchev–Trinajstić information content (AvgIpc) is 3.52. The highest BCUT2D eigenvalue weighted by atomic mass is 32.2. The van der Waals surface area contributed by atoms with Crippen LogP contribution >= 0.6 is 0 Å². The number of rotatable bonds is 6. The van der Waals surface area contributed by atoms with Gasteiger partial charge in [0, 0.05) is 18.2 Å². The number of likely N-dealkylation sites (tertiary alicyclic amines) is 1. The maximum absolute atomic E-state index is 13.4. The summed E-state index contributed by atoms with van der Waals surface area (Å²) in [6.45, 7) is 1.19. The summed E-state index contributed by atoms with van der Waals surface area (Å²) in [6.07, 6.45) is 0.592. The lowest BCUT2D eigenvalue weighted by Crippen LogP contribution is -2.37. The number of nitrogens with two attached hydrogens (primary N) is 2. The zero-order chi connectivity index (χ0) is 25.0. The van der Waals surface area contributed by atoms with Crippen molar-refractivity contribution in [3.05, 3.63) is 35.9 Å². The molecule has 3 aromatic rings. The number of aromatic nitrogens is 2. The van der Waals surface area contributed by atoms with Gasteiger partial charge in [0.05, 0.1) is 16.6 Å². The number of nitrogen functional groups attached to an aromatic ring is 1. The molecule has 3 heterocycles. The number of anilines is 1. The summed E-state index contributed by atoms with van der Waals surface area (Å²) in [5.74, 6) is 0.130. The molecule has 0 aliphatic carbocycles. The van der Waals surface area contributed by atoms with Crippen LogP contribution in [-0.4, -0.2) is 70.4 Å². The normalized spacial score (nSPS) is 19.0. The summed E-state index contributed by atoms with van der Waals surface area (Å²) in [7, 11) is -6.97. The molecule has 0 saturated carbocycles. The summed E-state index contributed by atoms with van der Waals surface area (Å²) < 4.78 is 55.3. The van der Waals surface area contributed by atoms with Gasteiger partial charge in [0.25, 0.3) is 0 Å². The number of sulfonamides is 2. The van der Waals surface area contributed by atoms with E-state index in [1.807, 2.05) is 11.9 Å². The maximum atomic E-state index is 13.4. The van der Waals surface area contributed by atoms with E-state index in [-0.39, 0.29) is 30.1 Å². The van der Waals surface area contributed by atoms with Crippen LogP contribution in [0.1, 0.15) is 12.0 Å². The number of azo groups is 1. The van der Waals surface area contributed by atoms with Crippen molar-refractivity contribution in [2.24, 2.45) is 20.4 Å². The van der Waals surface area contributed by atoms with Gasteiger partial charge in [-0.3, -0.25) is 0 Å². The number of likely N-dealkylation sites (N-methyl/N-ethyl adjacent to an activating group) is 1. The number of imidazole rings is 1. The number of aromatic amines is 1. The third-order valence-corrected chi connectivity index (χ3v) is 8.59.